The molecule has 1 aliphatic carbocycles. The van der Waals surface area contributed by atoms with Gasteiger partial charge < -0.3 is 5.11 Å². The first-order valence-corrected chi connectivity index (χ1v) is 5.62. The minimum absolute atomic E-state index is 0.246. The Bertz CT molecular complexity index is 372. The lowest BCUT2D eigenvalue weighted by atomic mass is 9.86. The first-order valence-electron chi connectivity index (χ1n) is 4.80. The van der Waals surface area contributed by atoms with Crippen LogP contribution in [0.1, 0.15) is 46.6 Å². The van der Waals surface area contributed by atoms with E-state index in [-0.39, 0.29) is 5.01 Å². The molecule has 0 aromatic carbocycles. The van der Waals surface area contributed by atoms with Gasteiger partial charge in [-0.2, -0.15) is 0 Å². The van der Waals surface area contributed by atoms with Gasteiger partial charge >= 0.3 is 5.97 Å². The average Bonchev–Trinajstić information content (AvgIpc) is 2.47. The van der Waals surface area contributed by atoms with Crippen LogP contribution in [0.2, 0.25) is 0 Å². The van der Waals surface area contributed by atoms with Crippen LogP contribution in [0.5, 0.6) is 0 Å². The summed E-state index contributed by atoms with van der Waals surface area (Å²) in [4.78, 5) is 16.1. The fourth-order valence-corrected chi connectivity index (χ4v) is 3.11. The summed E-state index contributed by atoms with van der Waals surface area (Å²) in [5.74, 6) is 0.199. The summed E-state index contributed by atoms with van der Waals surface area (Å²) >= 11 is 1.34. The molecule has 3 nitrogen and oxygen atoms in total. The van der Waals surface area contributed by atoms with E-state index in [0.29, 0.717) is 11.8 Å². The van der Waals surface area contributed by atoms with Gasteiger partial charge in [0.05, 0.1) is 5.69 Å². The van der Waals surface area contributed by atoms with Crippen molar-refractivity contribution in [3.05, 3.63) is 15.6 Å². The Morgan fingerprint density at radius 1 is 1.57 bits per heavy atom. The minimum Gasteiger partial charge on any atom is -0.476 e. The first-order chi connectivity index (χ1) is 6.58. The quantitative estimate of drug-likeness (QED) is 0.776. The fourth-order valence-electron chi connectivity index (χ4n) is 2.11. The van der Waals surface area contributed by atoms with E-state index in [1.54, 1.807) is 0 Å². The average molecular weight is 211 g/mol. The molecule has 0 saturated heterocycles. The molecule has 1 aromatic heterocycles. The summed E-state index contributed by atoms with van der Waals surface area (Å²) in [5.41, 5.74) is 1.01. The number of hydrogen-bond acceptors (Lipinski definition) is 3. The Labute approximate surface area is 86.8 Å². The lowest BCUT2D eigenvalue weighted by Gasteiger charge is -2.22. The molecular formula is C10H13NO2S. The molecule has 1 heterocycles. The second kappa shape index (κ2) is 3.35. The van der Waals surface area contributed by atoms with Crippen molar-refractivity contribution in [2.75, 3.05) is 0 Å². The molecule has 76 valence electrons. The van der Waals surface area contributed by atoms with Gasteiger partial charge in [0.2, 0.25) is 5.01 Å². The largest absolute Gasteiger partial charge is 0.476 e. The van der Waals surface area contributed by atoms with Gasteiger partial charge in [-0.15, -0.1) is 11.3 Å². The summed E-state index contributed by atoms with van der Waals surface area (Å²) in [7, 11) is 0. The fraction of sp³-hybridized carbons (Fsp3) is 0.600. The van der Waals surface area contributed by atoms with Crippen LogP contribution in [0, 0.1) is 5.92 Å². The number of aromatic nitrogens is 1. The van der Waals surface area contributed by atoms with Crippen LogP contribution in [-0.2, 0) is 6.42 Å². The Kier molecular flexibility index (Phi) is 2.31. The van der Waals surface area contributed by atoms with Gasteiger partial charge in [-0.05, 0) is 24.7 Å². The standard InChI is InChI=1S/C10H13NO2S/c1-5-3-6(2)8-7(4-5)11-9(14-8)10(12)13/h5-6H,3-4H2,1-2H3,(H,12,13). The second-order valence-electron chi connectivity index (χ2n) is 4.08. The zero-order valence-corrected chi connectivity index (χ0v) is 9.10. The molecule has 2 atom stereocenters. The van der Waals surface area contributed by atoms with Crippen LogP contribution in [0.3, 0.4) is 0 Å². The van der Waals surface area contributed by atoms with Gasteiger partial charge in [0.25, 0.3) is 0 Å². The minimum atomic E-state index is -0.899. The number of nitrogens with zero attached hydrogens (tertiary/aromatic N) is 1. The van der Waals surface area contributed by atoms with Gasteiger partial charge in [-0.1, -0.05) is 13.8 Å². The smallest absolute Gasteiger partial charge is 0.365 e. The number of carbonyl (C=O) groups is 1. The molecule has 0 amide bonds. The van der Waals surface area contributed by atoms with Gasteiger partial charge in [0.1, 0.15) is 0 Å². The predicted molar refractivity (Wildman–Crippen MR) is 55.0 cm³/mol. The number of thiazole rings is 1. The maximum atomic E-state index is 10.8. The highest BCUT2D eigenvalue weighted by Crippen LogP contribution is 2.37. The molecular weight excluding hydrogens is 198 g/mol. The van der Waals surface area contributed by atoms with E-state index in [4.69, 9.17) is 5.11 Å². The summed E-state index contributed by atoms with van der Waals surface area (Å²) in [6, 6.07) is 0. The summed E-state index contributed by atoms with van der Waals surface area (Å²) in [6.07, 6.45) is 2.08. The number of fused-ring (bicyclic) bond motifs is 1. The molecule has 0 aliphatic heterocycles. The molecule has 0 fully saturated rings. The van der Waals surface area contributed by atoms with Crippen LogP contribution in [-0.4, -0.2) is 16.1 Å². The highest BCUT2D eigenvalue weighted by molar-refractivity contribution is 7.13. The van der Waals surface area contributed by atoms with Crippen molar-refractivity contribution in [3.8, 4) is 0 Å². The molecule has 1 aliphatic rings. The third kappa shape index (κ3) is 1.54. The van der Waals surface area contributed by atoms with Crippen LogP contribution in [0.4, 0.5) is 0 Å². The normalized spacial score (nSPS) is 25.9. The van der Waals surface area contributed by atoms with Crippen molar-refractivity contribution in [2.45, 2.75) is 32.6 Å². The SMILES string of the molecule is CC1Cc2nc(C(=O)O)sc2C(C)C1. The van der Waals surface area contributed by atoms with Crippen molar-refractivity contribution >= 4 is 17.3 Å². The monoisotopic (exact) mass is 211 g/mol. The lowest BCUT2D eigenvalue weighted by Crippen LogP contribution is -2.13. The van der Waals surface area contributed by atoms with Gasteiger partial charge in [-0.25, -0.2) is 9.78 Å². The molecule has 1 N–H and O–H groups in total. The van der Waals surface area contributed by atoms with E-state index < -0.39 is 5.97 Å². The van der Waals surface area contributed by atoms with Crippen molar-refractivity contribution in [1.29, 1.82) is 0 Å². The van der Waals surface area contributed by atoms with E-state index in [9.17, 15) is 4.79 Å². The zero-order valence-electron chi connectivity index (χ0n) is 8.28. The molecule has 4 heteroatoms. The number of rotatable bonds is 1. The van der Waals surface area contributed by atoms with E-state index in [1.807, 2.05) is 0 Å². The van der Waals surface area contributed by atoms with E-state index >= 15 is 0 Å². The Balaban J connectivity index is 2.40. The highest BCUT2D eigenvalue weighted by Gasteiger charge is 2.26. The number of aromatic carboxylic acids is 1. The van der Waals surface area contributed by atoms with Crippen LogP contribution >= 0.6 is 11.3 Å². The van der Waals surface area contributed by atoms with E-state index in [2.05, 4.69) is 18.8 Å². The highest BCUT2D eigenvalue weighted by atomic mass is 32.1. The second-order valence-corrected chi connectivity index (χ2v) is 5.11. The maximum absolute atomic E-state index is 10.8. The van der Waals surface area contributed by atoms with E-state index in [0.717, 1.165) is 18.5 Å². The van der Waals surface area contributed by atoms with Crippen molar-refractivity contribution in [2.24, 2.45) is 5.92 Å². The van der Waals surface area contributed by atoms with Crippen LogP contribution in [0.25, 0.3) is 0 Å². The molecule has 1 aromatic rings. The third-order valence-corrected chi connectivity index (χ3v) is 3.97. The third-order valence-electron chi connectivity index (χ3n) is 2.66. The summed E-state index contributed by atoms with van der Waals surface area (Å²) in [5, 5.41) is 9.08. The maximum Gasteiger partial charge on any atom is 0.365 e. The Morgan fingerprint density at radius 3 is 2.93 bits per heavy atom. The van der Waals surface area contributed by atoms with Crippen LogP contribution in [0.15, 0.2) is 0 Å². The molecule has 2 unspecified atom stereocenters. The van der Waals surface area contributed by atoms with Gasteiger partial charge in [0.15, 0.2) is 0 Å². The van der Waals surface area contributed by atoms with Crippen molar-refractivity contribution < 1.29 is 9.90 Å². The number of carboxylic acids is 1. The Morgan fingerprint density at radius 2 is 2.29 bits per heavy atom. The zero-order chi connectivity index (χ0) is 10.3. The molecule has 14 heavy (non-hydrogen) atoms. The van der Waals surface area contributed by atoms with Gasteiger partial charge in [-0.3, -0.25) is 0 Å². The Hall–Kier alpha value is -0.900. The van der Waals surface area contributed by atoms with Gasteiger partial charge in [0, 0.05) is 4.88 Å². The van der Waals surface area contributed by atoms with Crippen LogP contribution < -0.4 is 0 Å². The number of carboxylic acid groups (broad SMARTS) is 1. The molecule has 2 rings (SSSR count). The predicted octanol–water partition coefficient (Wildman–Crippen LogP) is 2.53. The molecule has 0 saturated carbocycles. The van der Waals surface area contributed by atoms with Crippen molar-refractivity contribution in [3.63, 3.8) is 0 Å². The molecule has 0 radical (unpaired) electrons. The molecule has 0 spiro atoms. The topological polar surface area (TPSA) is 50.2 Å². The van der Waals surface area contributed by atoms with E-state index in [1.165, 1.54) is 16.2 Å². The summed E-state index contributed by atoms with van der Waals surface area (Å²) in [6.45, 7) is 4.34. The lowest BCUT2D eigenvalue weighted by molar-refractivity contribution is 0.0696. The van der Waals surface area contributed by atoms with Crippen molar-refractivity contribution in [1.82, 2.24) is 4.98 Å². The summed E-state index contributed by atoms with van der Waals surface area (Å²) < 4.78 is 0. The first kappa shape index (κ1) is 9.65. The molecule has 0 bridgehead atoms. The number of hydrogen-bond donors (Lipinski definition) is 1.